The predicted molar refractivity (Wildman–Crippen MR) is 78.0 cm³/mol. The van der Waals surface area contributed by atoms with Crippen molar-refractivity contribution < 1.29 is 14.1 Å². The van der Waals surface area contributed by atoms with Crippen molar-refractivity contribution in [3.8, 4) is 0 Å². The number of carbonyl (C=O) groups excluding carboxylic acids is 2. The van der Waals surface area contributed by atoms with Gasteiger partial charge in [0.1, 0.15) is 0 Å². The number of anilines is 1. The summed E-state index contributed by atoms with van der Waals surface area (Å²) >= 11 is 0. The molecule has 1 aromatic heterocycles. The van der Waals surface area contributed by atoms with Crippen molar-refractivity contribution in [1.29, 1.82) is 0 Å². The summed E-state index contributed by atoms with van der Waals surface area (Å²) in [5.41, 5.74) is 2.18. The van der Waals surface area contributed by atoms with Gasteiger partial charge in [0.15, 0.2) is 0 Å². The minimum absolute atomic E-state index is 0.0314. The zero-order valence-corrected chi connectivity index (χ0v) is 12.2. The summed E-state index contributed by atoms with van der Waals surface area (Å²) in [4.78, 5) is 25.0. The largest absolute Gasteiger partial charge is 0.351 e. The molecule has 0 atom stereocenters. The third-order valence-corrected chi connectivity index (χ3v) is 2.92. The number of nitrogens with one attached hydrogen (secondary N) is 1. The average molecular weight is 287 g/mol. The molecule has 1 N–H and O–H groups in total. The van der Waals surface area contributed by atoms with Crippen molar-refractivity contribution in [3.05, 3.63) is 47.3 Å². The van der Waals surface area contributed by atoms with Gasteiger partial charge < -0.3 is 14.7 Å². The third kappa shape index (κ3) is 3.92. The highest BCUT2D eigenvalue weighted by molar-refractivity contribution is 6.02. The molecule has 0 aliphatic carbocycles. The van der Waals surface area contributed by atoms with Crippen molar-refractivity contribution in [2.45, 2.75) is 13.3 Å². The van der Waals surface area contributed by atoms with Crippen molar-refractivity contribution >= 4 is 17.5 Å². The van der Waals surface area contributed by atoms with E-state index in [1.807, 2.05) is 12.1 Å². The van der Waals surface area contributed by atoms with Crippen LogP contribution in [-0.2, 0) is 11.2 Å². The van der Waals surface area contributed by atoms with E-state index in [0.29, 0.717) is 17.8 Å². The van der Waals surface area contributed by atoms with Crippen LogP contribution in [0.25, 0.3) is 0 Å². The first-order valence-electron chi connectivity index (χ1n) is 6.49. The van der Waals surface area contributed by atoms with Crippen LogP contribution in [0.15, 0.2) is 34.9 Å². The van der Waals surface area contributed by atoms with Crippen molar-refractivity contribution in [1.82, 2.24) is 10.1 Å². The van der Waals surface area contributed by atoms with Crippen LogP contribution in [0.4, 0.5) is 5.69 Å². The van der Waals surface area contributed by atoms with Gasteiger partial charge in [-0.1, -0.05) is 17.3 Å². The van der Waals surface area contributed by atoms with Crippen LogP contribution < -0.4 is 5.32 Å². The van der Waals surface area contributed by atoms with E-state index in [2.05, 4.69) is 10.5 Å². The molecule has 0 aliphatic rings. The van der Waals surface area contributed by atoms with Gasteiger partial charge in [0.05, 0.1) is 12.1 Å². The van der Waals surface area contributed by atoms with Gasteiger partial charge in [-0.3, -0.25) is 9.59 Å². The molecule has 0 unspecified atom stereocenters. The molecule has 0 radical (unpaired) electrons. The molecule has 0 saturated heterocycles. The maximum Gasteiger partial charge on any atom is 0.294 e. The van der Waals surface area contributed by atoms with E-state index in [1.165, 1.54) is 0 Å². The second kappa shape index (κ2) is 6.21. The molecule has 0 aliphatic heterocycles. The van der Waals surface area contributed by atoms with Gasteiger partial charge in [0, 0.05) is 25.8 Å². The van der Waals surface area contributed by atoms with E-state index in [-0.39, 0.29) is 17.6 Å². The molecule has 2 aromatic rings. The Hall–Kier alpha value is -2.63. The molecule has 21 heavy (non-hydrogen) atoms. The Kier molecular flexibility index (Phi) is 4.37. The Morgan fingerprint density at radius 1 is 1.24 bits per heavy atom. The molecule has 0 saturated carbocycles. The number of amides is 2. The lowest BCUT2D eigenvalue weighted by Gasteiger charge is -2.10. The van der Waals surface area contributed by atoms with Crippen LogP contribution in [-0.4, -0.2) is 36.0 Å². The van der Waals surface area contributed by atoms with Crippen LogP contribution in [0.5, 0.6) is 0 Å². The van der Waals surface area contributed by atoms with E-state index in [4.69, 9.17) is 4.52 Å². The molecular weight excluding hydrogens is 270 g/mol. The Bertz CT molecular complexity index is 644. The SMILES string of the molecule is Cc1cc(C(=O)Nc2ccc(CC(=O)N(C)C)cc2)on1. The number of benzene rings is 1. The smallest absolute Gasteiger partial charge is 0.294 e. The lowest BCUT2D eigenvalue weighted by Crippen LogP contribution is -2.23. The van der Waals surface area contributed by atoms with E-state index >= 15 is 0 Å². The minimum atomic E-state index is -0.354. The second-order valence-electron chi connectivity index (χ2n) is 4.95. The Balaban J connectivity index is 1.99. The fourth-order valence-corrected chi connectivity index (χ4v) is 1.70. The summed E-state index contributed by atoms with van der Waals surface area (Å²) in [6.45, 7) is 1.75. The maximum atomic E-state index is 11.9. The molecule has 6 heteroatoms. The average Bonchev–Trinajstić information content (AvgIpc) is 2.87. The lowest BCUT2D eigenvalue weighted by molar-refractivity contribution is -0.127. The highest BCUT2D eigenvalue weighted by atomic mass is 16.5. The van der Waals surface area contributed by atoms with Crippen molar-refractivity contribution in [2.24, 2.45) is 0 Å². The van der Waals surface area contributed by atoms with Gasteiger partial charge >= 0.3 is 0 Å². The standard InChI is InChI=1S/C15H17N3O3/c1-10-8-13(21-17-10)15(20)16-12-6-4-11(5-7-12)9-14(19)18(2)3/h4-8H,9H2,1-3H3,(H,16,20). The topological polar surface area (TPSA) is 75.4 Å². The zero-order valence-electron chi connectivity index (χ0n) is 12.2. The minimum Gasteiger partial charge on any atom is -0.351 e. The Labute approximate surface area is 122 Å². The molecule has 110 valence electrons. The number of likely N-dealkylation sites (N-methyl/N-ethyl adjacent to an activating group) is 1. The van der Waals surface area contributed by atoms with Gasteiger partial charge in [-0.05, 0) is 24.6 Å². The first kappa shape index (κ1) is 14.8. The summed E-state index contributed by atoms with van der Waals surface area (Å²) in [6, 6.07) is 8.68. The normalized spacial score (nSPS) is 10.2. The number of aryl methyl sites for hydroxylation is 1. The molecule has 6 nitrogen and oxygen atoms in total. The molecule has 0 bridgehead atoms. The summed E-state index contributed by atoms with van der Waals surface area (Å²) in [7, 11) is 3.44. The van der Waals surface area contributed by atoms with Gasteiger partial charge in [-0.15, -0.1) is 0 Å². The van der Waals surface area contributed by atoms with Crippen molar-refractivity contribution in [3.63, 3.8) is 0 Å². The lowest BCUT2D eigenvalue weighted by atomic mass is 10.1. The van der Waals surface area contributed by atoms with E-state index in [1.54, 1.807) is 44.1 Å². The third-order valence-electron chi connectivity index (χ3n) is 2.92. The maximum absolute atomic E-state index is 11.9. The number of rotatable bonds is 4. The monoisotopic (exact) mass is 287 g/mol. The molecule has 1 aromatic carbocycles. The summed E-state index contributed by atoms with van der Waals surface area (Å²) in [6.07, 6.45) is 0.336. The van der Waals surface area contributed by atoms with Gasteiger partial charge in [-0.25, -0.2) is 0 Å². The number of hydrogen-bond acceptors (Lipinski definition) is 4. The van der Waals surface area contributed by atoms with Gasteiger partial charge in [0.2, 0.25) is 11.7 Å². The highest BCUT2D eigenvalue weighted by Crippen LogP contribution is 2.12. The van der Waals surface area contributed by atoms with E-state index in [9.17, 15) is 9.59 Å². The fraction of sp³-hybridized carbons (Fsp3) is 0.267. The predicted octanol–water partition coefficient (Wildman–Crippen LogP) is 1.87. The zero-order chi connectivity index (χ0) is 15.4. The fourth-order valence-electron chi connectivity index (χ4n) is 1.70. The van der Waals surface area contributed by atoms with Crippen LogP contribution in [0.3, 0.4) is 0 Å². The summed E-state index contributed by atoms with van der Waals surface area (Å²) in [5.74, 6) is -0.156. The van der Waals surface area contributed by atoms with Crippen LogP contribution >= 0.6 is 0 Å². The Morgan fingerprint density at radius 2 is 1.90 bits per heavy atom. The first-order chi connectivity index (χ1) is 9.95. The van der Waals surface area contributed by atoms with Gasteiger partial charge in [-0.2, -0.15) is 0 Å². The number of hydrogen-bond donors (Lipinski definition) is 1. The molecule has 2 rings (SSSR count). The highest BCUT2D eigenvalue weighted by Gasteiger charge is 2.12. The Morgan fingerprint density at radius 3 is 2.43 bits per heavy atom. The van der Waals surface area contributed by atoms with Crippen LogP contribution in [0, 0.1) is 6.92 Å². The summed E-state index contributed by atoms with van der Waals surface area (Å²) < 4.78 is 4.89. The second-order valence-corrected chi connectivity index (χ2v) is 4.95. The van der Waals surface area contributed by atoms with E-state index in [0.717, 1.165) is 5.56 Å². The van der Waals surface area contributed by atoms with Crippen molar-refractivity contribution in [2.75, 3.05) is 19.4 Å². The number of carbonyl (C=O) groups is 2. The van der Waals surface area contributed by atoms with Crippen LogP contribution in [0.2, 0.25) is 0 Å². The summed E-state index contributed by atoms with van der Waals surface area (Å²) in [5, 5.41) is 6.37. The quantitative estimate of drug-likeness (QED) is 0.931. The molecule has 0 spiro atoms. The molecule has 0 fully saturated rings. The number of aromatic nitrogens is 1. The first-order valence-corrected chi connectivity index (χ1v) is 6.49. The van der Waals surface area contributed by atoms with Gasteiger partial charge in [0.25, 0.3) is 5.91 Å². The number of nitrogens with zero attached hydrogens (tertiary/aromatic N) is 2. The molecule has 1 heterocycles. The van der Waals surface area contributed by atoms with E-state index < -0.39 is 0 Å². The molecule has 2 amide bonds. The molecular formula is C15H17N3O3. The van der Waals surface area contributed by atoms with Crippen LogP contribution in [0.1, 0.15) is 21.8 Å².